The lowest BCUT2D eigenvalue weighted by Crippen LogP contribution is -1.95. The minimum atomic E-state index is 0.609. The fourth-order valence-electron chi connectivity index (χ4n) is 5.07. The summed E-state index contributed by atoms with van der Waals surface area (Å²) in [5.74, 6) is 0. The van der Waals surface area contributed by atoms with Gasteiger partial charge in [-0.2, -0.15) is 5.26 Å². The number of pyridine rings is 1. The first-order valence-electron chi connectivity index (χ1n) is 11.1. The van der Waals surface area contributed by atoms with Gasteiger partial charge in [-0.3, -0.25) is 4.98 Å². The number of nitrogens with zero attached hydrogens (tertiary/aromatic N) is 3. The first-order chi connectivity index (χ1) is 16.8. The maximum Gasteiger partial charge on any atom is 0.137 e. The van der Waals surface area contributed by atoms with Crippen molar-refractivity contribution in [2.24, 2.45) is 0 Å². The van der Waals surface area contributed by atoms with Crippen molar-refractivity contribution in [1.29, 1.82) is 5.26 Å². The van der Waals surface area contributed by atoms with Crippen molar-refractivity contribution >= 4 is 43.7 Å². The van der Waals surface area contributed by atoms with E-state index in [9.17, 15) is 5.26 Å². The van der Waals surface area contributed by atoms with Crippen molar-refractivity contribution in [3.63, 3.8) is 0 Å². The van der Waals surface area contributed by atoms with Crippen LogP contribution in [0.5, 0.6) is 0 Å². The van der Waals surface area contributed by atoms with E-state index in [1.165, 1.54) is 10.8 Å². The zero-order valence-electron chi connectivity index (χ0n) is 18.1. The molecule has 0 bridgehead atoms. The van der Waals surface area contributed by atoms with E-state index in [2.05, 4.69) is 76.3 Å². The van der Waals surface area contributed by atoms with E-state index in [0.29, 0.717) is 5.56 Å². The van der Waals surface area contributed by atoms with E-state index in [1.54, 1.807) is 18.5 Å². The van der Waals surface area contributed by atoms with Crippen molar-refractivity contribution < 1.29 is 4.42 Å². The smallest absolute Gasteiger partial charge is 0.137 e. The standard InChI is InChI=1S/C30H17N3O/c31-17-20-14-15-32-18-25(20)19-6-5-7-21(16-19)33-26-10-3-1-8-22(26)23-12-13-28-29(30(23)33)24-9-2-4-11-27(24)34-28/h1-16,18H. The third-order valence-corrected chi connectivity index (χ3v) is 6.53. The maximum absolute atomic E-state index is 9.62. The van der Waals surface area contributed by atoms with Gasteiger partial charge in [-0.05, 0) is 48.0 Å². The number of rotatable bonds is 2. The quantitative estimate of drug-likeness (QED) is 0.281. The molecule has 7 aromatic rings. The molecule has 7 rings (SSSR count). The Bertz CT molecular complexity index is 1930. The zero-order valence-corrected chi connectivity index (χ0v) is 18.1. The molecule has 34 heavy (non-hydrogen) atoms. The Morgan fingerprint density at radius 2 is 1.62 bits per heavy atom. The lowest BCUT2D eigenvalue weighted by Gasteiger charge is -2.11. The number of hydrogen-bond acceptors (Lipinski definition) is 3. The lowest BCUT2D eigenvalue weighted by atomic mass is 10.0. The monoisotopic (exact) mass is 435 g/mol. The van der Waals surface area contributed by atoms with Gasteiger partial charge in [0.2, 0.25) is 0 Å². The van der Waals surface area contributed by atoms with Gasteiger partial charge in [-0.1, -0.05) is 48.5 Å². The molecule has 0 unspecified atom stereocenters. The molecule has 0 saturated heterocycles. The summed E-state index contributed by atoms with van der Waals surface area (Å²) in [7, 11) is 0. The van der Waals surface area contributed by atoms with Crippen molar-refractivity contribution in [3.8, 4) is 22.9 Å². The Labute approximate surface area is 194 Å². The van der Waals surface area contributed by atoms with Gasteiger partial charge >= 0.3 is 0 Å². The van der Waals surface area contributed by atoms with Gasteiger partial charge in [0.05, 0.1) is 28.1 Å². The van der Waals surface area contributed by atoms with E-state index in [4.69, 9.17) is 4.42 Å². The molecular formula is C30H17N3O. The third kappa shape index (κ3) is 2.55. The van der Waals surface area contributed by atoms with Crippen LogP contribution in [0.4, 0.5) is 0 Å². The largest absolute Gasteiger partial charge is 0.456 e. The number of benzene rings is 4. The molecular weight excluding hydrogens is 418 g/mol. The molecule has 0 aliphatic carbocycles. The second-order valence-electron chi connectivity index (χ2n) is 8.37. The number of para-hydroxylation sites is 2. The number of furan rings is 1. The first-order valence-corrected chi connectivity index (χ1v) is 11.1. The van der Waals surface area contributed by atoms with Gasteiger partial charge in [0.15, 0.2) is 0 Å². The van der Waals surface area contributed by atoms with E-state index in [-0.39, 0.29) is 0 Å². The van der Waals surface area contributed by atoms with Crippen LogP contribution in [0.2, 0.25) is 0 Å². The second-order valence-corrected chi connectivity index (χ2v) is 8.37. The van der Waals surface area contributed by atoms with Crippen molar-refractivity contribution in [1.82, 2.24) is 9.55 Å². The first kappa shape index (κ1) is 18.7. The number of fused-ring (bicyclic) bond motifs is 7. The third-order valence-electron chi connectivity index (χ3n) is 6.53. The molecule has 4 heteroatoms. The summed E-state index contributed by atoms with van der Waals surface area (Å²) in [5, 5.41) is 14.2. The molecule has 0 aliphatic rings. The summed E-state index contributed by atoms with van der Waals surface area (Å²) in [6.45, 7) is 0. The fraction of sp³-hybridized carbons (Fsp3) is 0. The Hall–Kier alpha value is -4.88. The topological polar surface area (TPSA) is 54.8 Å². The summed E-state index contributed by atoms with van der Waals surface area (Å²) in [6, 6.07) is 33.2. The molecule has 3 heterocycles. The van der Waals surface area contributed by atoms with Crippen LogP contribution in [0.25, 0.3) is 60.6 Å². The molecule has 0 radical (unpaired) electrons. The average Bonchev–Trinajstić information content (AvgIpc) is 3.44. The summed E-state index contributed by atoms with van der Waals surface area (Å²) in [6.07, 6.45) is 3.41. The highest BCUT2D eigenvalue weighted by Gasteiger charge is 2.19. The van der Waals surface area contributed by atoms with Gasteiger partial charge in [0.1, 0.15) is 11.2 Å². The molecule has 0 spiro atoms. The van der Waals surface area contributed by atoms with Crippen molar-refractivity contribution in [2.45, 2.75) is 0 Å². The van der Waals surface area contributed by atoms with E-state index >= 15 is 0 Å². The molecule has 4 nitrogen and oxygen atoms in total. The Morgan fingerprint density at radius 3 is 2.53 bits per heavy atom. The molecule has 0 aliphatic heterocycles. The van der Waals surface area contributed by atoms with Crippen LogP contribution < -0.4 is 0 Å². The SMILES string of the molecule is N#Cc1ccncc1-c1cccc(-n2c3ccccc3c3ccc4oc5ccccc5c4c32)c1. The second kappa shape index (κ2) is 7.06. The molecule has 0 saturated carbocycles. The van der Waals surface area contributed by atoms with Crippen molar-refractivity contribution in [3.05, 3.63) is 109 Å². The minimum absolute atomic E-state index is 0.609. The summed E-state index contributed by atoms with van der Waals surface area (Å²) in [4.78, 5) is 4.26. The maximum atomic E-state index is 9.62. The van der Waals surface area contributed by atoms with Crippen LogP contribution in [0, 0.1) is 11.3 Å². The van der Waals surface area contributed by atoms with Gasteiger partial charge < -0.3 is 8.98 Å². The van der Waals surface area contributed by atoms with E-state index in [0.717, 1.165) is 49.8 Å². The highest BCUT2D eigenvalue weighted by atomic mass is 16.3. The Balaban J connectivity index is 1.63. The van der Waals surface area contributed by atoms with Gasteiger partial charge in [-0.25, -0.2) is 0 Å². The summed E-state index contributed by atoms with van der Waals surface area (Å²) < 4.78 is 8.52. The van der Waals surface area contributed by atoms with Crippen molar-refractivity contribution in [2.75, 3.05) is 0 Å². The zero-order chi connectivity index (χ0) is 22.6. The Morgan fingerprint density at radius 1 is 0.765 bits per heavy atom. The molecule has 0 amide bonds. The van der Waals surface area contributed by atoms with Crippen LogP contribution in [0.15, 0.2) is 108 Å². The van der Waals surface area contributed by atoms with Gasteiger partial charge in [0.25, 0.3) is 0 Å². The fourth-order valence-corrected chi connectivity index (χ4v) is 5.07. The van der Waals surface area contributed by atoms with E-state index < -0.39 is 0 Å². The summed E-state index contributed by atoms with van der Waals surface area (Å²) in [5.41, 5.74) is 7.40. The number of nitriles is 1. The predicted octanol–water partition coefficient (Wildman–Crippen LogP) is 7.62. The number of hydrogen-bond donors (Lipinski definition) is 0. The van der Waals surface area contributed by atoms with Crippen LogP contribution in [0.3, 0.4) is 0 Å². The molecule has 4 aromatic carbocycles. The molecule has 158 valence electrons. The highest BCUT2D eigenvalue weighted by Crippen LogP contribution is 2.41. The van der Waals surface area contributed by atoms with Crippen LogP contribution >= 0.6 is 0 Å². The molecule has 3 aromatic heterocycles. The Kier molecular flexibility index (Phi) is 3.88. The van der Waals surface area contributed by atoms with Gasteiger partial charge in [0, 0.05) is 39.8 Å². The minimum Gasteiger partial charge on any atom is -0.456 e. The van der Waals surface area contributed by atoms with Gasteiger partial charge in [-0.15, -0.1) is 0 Å². The van der Waals surface area contributed by atoms with Crippen LogP contribution in [-0.4, -0.2) is 9.55 Å². The lowest BCUT2D eigenvalue weighted by molar-refractivity contribution is 0.669. The number of aromatic nitrogens is 2. The molecule has 0 N–H and O–H groups in total. The van der Waals surface area contributed by atoms with Crippen LogP contribution in [-0.2, 0) is 0 Å². The van der Waals surface area contributed by atoms with Crippen LogP contribution in [0.1, 0.15) is 5.56 Å². The molecule has 0 atom stereocenters. The predicted molar refractivity (Wildman–Crippen MR) is 136 cm³/mol. The van der Waals surface area contributed by atoms with E-state index in [1.807, 2.05) is 24.3 Å². The normalized spacial score (nSPS) is 11.5. The molecule has 0 fully saturated rings. The summed E-state index contributed by atoms with van der Waals surface area (Å²) >= 11 is 0. The highest BCUT2D eigenvalue weighted by molar-refractivity contribution is 6.24. The average molecular weight is 435 g/mol.